The zero-order valence-electron chi connectivity index (χ0n) is 6.64. The fourth-order valence-corrected chi connectivity index (χ4v) is 1.52. The van der Waals surface area contributed by atoms with Gasteiger partial charge in [-0.2, -0.15) is 0 Å². The summed E-state index contributed by atoms with van der Waals surface area (Å²) in [4.78, 5) is 8.43. The van der Waals surface area contributed by atoms with E-state index in [1.807, 2.05) is 18.6 Å². The summed E-state index contributed by atoms with van der Waals surface area (Å²) >= 11 is 0. The monoisotopic (exact) mass is 159 g/mol. The van der Waals surface area contributed by atoms with Crippen molar-refractivity contribution >= 4 is 5.52 Å². The van der Waals surface area contributed by atoms with Gasteiger partial charge in [-0.25, -0.2) is 4.98 Å². The van der Waals surface area contributed by atoms with Crippen molar-refractivity contribution in [1.29, 1.82) is 0 Å². The highest BCUT2D eigenvalue weighted by molar-refractivity contribution is 5.43. The molecule has 3 nitrogen and oxygen atoms in total. The lowest BCUT2D eigenvalue weighted by molar-refractivity contribution is 0.915. The van der Waals surface area contributed by atoms with Gasteiger partial charge < -0.3 is 4.40 Å². The number of hydrogen-bond donors (Lipinski definition) is 0. The highest BCUT2D eigenvalue weighted by atomic mass is 15.0. The van der Waals surface area contributed by atoms with Crippen molar-refractivity contribution in [2.45, 2.75) is 18.8 Å². The predicted octanol–water partition coefficient (Wildman–Crippen LogP) is 1.61. The van der Waals surface area contributed by atoms with E-state index in [4.69, 9.17) is 0 Å². The van der Waals surface area contributed by atoms with Gasteiger partial charge in [-0.15, -0.1) is 0 Å². The van der Waals surface area contributed by atoms with E-state index in [0.29, 0.717) is 5.92 Å². The van der Waals surface area contributed by atoms with Crippen molar-refractivity contribution < 1.29 is 0 Å². The molecular weight excluding hydrogens is 150 g/mol. The molecule has 1 saturated carbocycles. The van der Waals surface area contributed by atoms with Crippen molar-refractivity contribution in [2.24, 2.45) is 0 Å². The molecule has 2 aromatic rings. The van der Waals surface area contributed by atoms with Crippen LogP contribution in [0.1, 0.15) is 24.6 Å². The van der Waals surface area contributed by atoms with Crippen LogP contribution in [0, 0.1) is 0 Å². The Labute approximate surface area is 70.1 Å². The maximum atomic E-state index is 4.38. The van der Waals surface area contributed by atoms with Crippen LogP contribution in [-0.2, 0) is 0 Å². The van der Waals surface area contributed by atoms with Crippen LogP contribution in [0.4, 0.5) is 0 Å². The zero-order chi connectivity index (χ0) is 7.97. The Balaban J connectivity index is 2.30. The van der Waals surface area contributed by atoms with Crippen LogP contribution >= 0.6 is 0 Å². The lowest BCUT2D eigenvalue weighted by Gasteiger charge is -1.95. The Morgan fingerprint density at radius 3 is 3.08 bits per heavy atom. The van der Waals surface area contributed by atoms with E-state index in [9.17, 15) is 0 Å². The quantitative estimate of drug-likeness (QED) is 0.632. The number of rotatable bonds is 1. The Morgan fingerprint density at radius 1 is 1.33 bits per heavy atom. The van der Waals surface area contributed by atoms with Crippen molar-refractivity contribution in [3.8, 4) is 0 Å². The molecule has 0 spiro atoms. The van der Waals surface area contributed by atoms with Gasteiger partial charge in [0.15, 0.2) is 0 Å². The number of fused-ring (bicyclic) bond motifs is 1. The van der Waals surface area contributed by atoms with E-state index in [1.54, 1.807) is 6.20 Å². The van der Waals surface area contributed by atoms with Crippen molar-refractivity contribution in [1.82, 2.24) is 14.4 Å². The topological polar surface area (TPSA) is 30.2 Å². The first kappa shape index (κ1) is 6.17. The Kier molecular flexibility index (Phi) is 1.06. The molecular formula is C9H9N3. The minimum Gasteiger partial charge on any atom is -0.300 e. The fraction of sp³-hybridized carbons (Fsp3) is 0.333. The maximum Gasteiger partial charge on any atom is 0.116 e. The molecule has 1 aliphatic rings. The molecule has 0 saturated heterocycles. The smallest absolute Gasteiger partial charge is 0.116 e. The summed E-state index contributed by atoms with van der Waals surface area (Å²) in [7, 11) is 0. The second-order valence-corrected chi connectivity index (χ2v) is 3.26. The van der Waals surface area contributed by atoms with Gasteiger partial charge in [-0.3, -0.25) is 4.98 Å². The predicted molar refractivity (Wildman–Crippen MR) is 45.0 cm³/mol. The SMILES string of the molecule is c1cn2c(C3CC3)ncc2cn1. The van der Waals surface area contributed by atoms with Crippen LogP contribution in [0.2, 0.25) is 0 Å². The van der Waals surface area contributed by atoms with Gasteiger partial charge in [0.1, 0.15) is 5.82 Å². The number of imidazole rings is 1. The molecule has 0 N–H and O–H groups in total. The molecule has 60 valence electrons. The molecule has 0 amide bonds. The molecule has 0 bridgehead atoms. The summed E-state index contributed by atoms with van der Waals surface area (Å²) in [6.07, 6.45) is 10.1. The highest BCUT2D eigenvalue weighted by Gasteiger charge is 2.27. The summed E-state index contributed by atoms with van der Waals surface area (Å²) < 4.78 is 2.13. The molecule has 0 aromatic carbocycles. The van der Waals surface area contributed by atoms with E-state index < -0.39 is 0 Å². The molecule has 0 unspecified atom stereocenters. The number of hydrogen-bond acceptors (Lipinski definition) is 2. The summed E-state index contributed by atoms with van der Waals surface area (Å²) in [6.45, 7) is 0. The van der Waals surface area contributed by atoms with Crippen LogP contribution in [0.3, 0.4) is 0 Å². The lowest BCUT2D eigenvalue weighted by Crippen LogP contribution is -1.91. The van der Waals surface area contributed by atoms with Gasteiger partial charge in [0.25, 0.3) is 0 Å². The number of nitrogens with zero attached hydrogens (tertiary/aromatic N) is 3. The van der Waals surface area contributed by atoms with E-state index in [2.05, 4.69) is 14.4 Å². The van der Waals surface area contributed by atoms with Gasteiger partial charge in [-0.1, -0.05) is 0 Å². The average Bonchev–Trinajstić information content (AvgIpc) is 2.86. The molecule has 12 heavy (non-hydrogen) atoms. The molecule has 1 aliphatic carbocycles. The average molecular weight is 159 g/mol. The summed E-state index contributed by atoms with van der Waals surface area (Å²) in [5.41, 5.74) is 1.10. The summed E-state index contributed by atoms with van der Waals surface area (Å²) in [5.74, 6) is 1.90. The molecule has 1 fully saturated rings. The molecule has 0 radical (unpaired) electrons. The van der Waals surface area contributed by atoms with Crippen molar-refractivity contribution in [2.75, 3.05) is 0 Å². The van der Waals surface area contributed by atoms with Gasteiger partial charge in [0, 0.05) is 18.3 Å². The highest BCUT2D eigenvalue weighted by Crippen LogP contribution is 2.39. The van der Waals surface area contributed by atoms with Crippen LogP contribution in [0.25, 0.3) is 5.52 Å². The van der Waals surface area contributed by atoms with Crippen LogP contribution in [0.5, 0.6) is 0 Å². The van der Waals surface area contributed by atoms with Gasteiger partial charge >= 0.3 is 0 Å². The lowest BCUT2D eigenvalue weighted by atomic mass is 10.4. The minimum absolute atomic E-state index is 0.704. The van der Waals surface area contributed by atoms with E-state index in [0.717, 1.165) is 5.52 Å². The van der Waals surface area contributed by atoms with Crippen molar-refractivity contribution in [3.63, 3.8) is 0 Å². The maximum absolute atomic E-state index is 4.38. The third kappa shape index (κ3) is 0.763. The second kappa shape index (κ2) is 2.06. The summed E-state index contributed by atoms with van der Waals surface area (Å²) in [5, 5.41) is 0. The first-order valence-electron chi connectivity index (χ1n) is 4.22. The second-order valence-electron chi connectivity index (χ2n) is 3.26. The summed E-state index contributed by atoms with van der Waals surface area (Å²) in [6, 6.07) is 0. The Hall–Kier alpha value is -1.38. The first-order chi connectivity index (χ1) is 5.95. The van der Waals surface area contributed by atoms with Crippen LogP contribution in [0.15, 0.2) is 24.8 Å². The largest absolute Gasteiger partial charge is 0.300 e. The normalized spacial score (nSPS) is 17.0. The Bertz CT molecular complexity index is 414. The first-order valence-corrected chi connectivity index (χ1v) is 4.22. The van der Waals surface area contributed by atoms with Gasteiger partial charge in [0.2, 0.25) is 0 Å². The van der Waals surface area contributed by atoms with Gasteiger partial charge in [-0.05, 0) is 12.8 Å². The zero-order valence-corrected chi connectivity index (χ0v) is 6.64. The van der Waals surface area contributed by atoms with Crippen molar-refractivity contribution in [3.05, 3.63) is 30.6 Å². The minimum atomic E-state index is 0.704. The van der Waals surface area contributed by atoms with E-state index in [1.165, 1.54) is 18.7 Å². The molecule has 3 rings (SSSR count). The van der Waals surface area contributed by atoms with E-state index >= 15 is 0 Å². The molecule has 2 aromatic heterocycles. The molecule has 0 aliphatic heterocycles. The Morgan fingerprint density at radius 2 is 2.25 bits per heavy atom. The molecule has 2 heterocycles. The van der Waals surface area contributed by atoms with Crippen LogP contribution in [-0.4, -0.2) is 14.4 Å². The third-order valence-corrected chi connectivity index (χ3v) is 2.31. The van der Waals surface area contributed by atoms with Crippen LogP contribution < -0.4 is 0 Å². The fourth-order valence-electron chi connectivity index (χ4n) is 1.52. The standard InChI is InChI=1S/C9H9N3/c1-2-7(1)9-11-6-8-5-10-3-4-12(8)9/h3-7H,1-2H2. The molecule has 3 heteroatoms. The van der Waals surface area contributed by atoms with E-state index in [-0.39, 0.29) is 0 Å². The van der Waals surface area contributed by atoms with Gasteiger partial charge in [0.05, 0.1) is 17.9 Å². The number of aromatic nitrogens is 3. The molecule has 0 atom stereocenters. The third-order valence-electron chi connectivity index (χ3n) is 2.31.